The topological polar surface area (TPSA) is 58.2 Å². The summed E-state index contributed by atoms with van der Waals surface area (Å²) in [5.41, 5.74) is 5.00. The highest BCUT2D eigenvalue weighted by Gasteiger charge is 2.29. The van der Waals surface area contributed by atoms with Crippen LogP contribution in [0.1, 0.15) is 64.2 Å². The Morgan fingerprint density at radius 3 is 2.33 bits per heavy atom. The number of rotatable bonds is 5. The molecule has 4 nitrogen and oxygen atoms in total. The van der Waals surface area contributed by atoms with Gasteiger partial charge in [-0.15, -0.1) is 0 Å². The van der Waals surface area contributed by atoms with E-state index in [1.54, 1.807) is 0 Å². The summed E-state index contributed by atoms with van der Waals surface area (Å²) in [5.74, 6) is 0.885. The first-order chi connectivity index (χ1) is 8.75. The van der Waals surface area contributed by atoms with Crippen LogP contribution in [0.3, 0.4) is 0 Å². The molecule has 4 heteroatoms. The van der Waals surface area contributed by atoms with E-state index in [-0.39, 0.29) is 17.7 Å². The minimum atomic E-state index is -0.0557. The van der Waals surface area contributed by atoms with Gasteiger partial charge < -0.3 is 0 Å². The highest BCUT2D eigenvalue weighted by atomic mass is 16.2. The number of hydrogen-bond donors (Lipinski definition) is 2. The quantitative estimate of drug-likeness (QED) is 0.738. The van der Waals surface area contributed by atoms with Crippen LogP contribution < -0.4 is 10.9 Å². The molecule has 2 rings (SSSR count). The van der Waals surface area contributed by atoms with E-state index in [2.05, 4.69) is 10.9 Å². The molecule has 2 amide bonds. The van der Waals surface area contributed by atoms with Gasteiger partial charge in [-0.3, -0.25) is 20.4 Å². The molecular weight excluding hydrogens is 228 g/mol. The fourth-order valence-corrected chi connectivity index (χ4v) is 2.67. The Morgan fingerprint density at radius 1 is 0.944 bits per heavy atom. The van der Waals surface area contributed by atoms with Gasteiger partial charge in [-0.1, -0.05) is 32.1 Å². The van der Waals surface area contributed by atoms with Crippen molar-refractivity contribution in [2.24, 2.45) is 11.8 Å². The lowest BCUT2D eigenvalue weighted by Gasteiger charge is -2.21. The lowest BCUT2D eigenvalue weighted by molar-refractivity contribution is -0.129. The van der Waals surface area contributed by atoms with Gasteiger partial charge in [0.1, 0.15) is 0 Å². The molecule has 0 spiro atoms. The smallest absolute Gasteiger partial charge is 0.241 e. The summed E-state index contributed by atoms with van der Waals surface area (Å²) < 4.78 is 0. The Hall–Kier alpha value is -1.06. The molecular formula is C14H24N2O2. The molecule has 0 heterocycles. The van der Waals surface area contributed by atoms with E-state index in [1.807, 2.05) is 0 Å². The van der Waals surface area contributed by atoms with E-state index in [4.69, 9.17) is 0 Å². The zero-order chi connectivity index (χ0) is 12.8. The summed E-state index contributed by atoms with van der Waals surface area (Å²) in [4.78, 5) is 22.8. The van der Waals surface area contributed by atoms with Crippen LogP contribution in [-0.4, -0.2) is 11.8 Å². The van der Waals surface area contributed by atoms with Crippen LogP contribution in [0.5, 0.6) is 0 Å². The summed E-state index contributed by atoms with van der Waals surface area (Å²) in [6.07, 6.45) is 11.3. The van der Waals surface area contributed by atoms with Crippen LogP contribution >= 0.6 is 0 Å². The molecule has 0 bridgehead atoms. The molecule has 0 aromatic rings. The first kappa shape index (κ1) is 13.4. The van der Waals surface area contributed by atoms with Crippen molar-refractivity contribution in [2.75, 3.05) is 0 Å². The monoisotopic (exact) mass is 252 g/mol. The first-order valence-corrected chi connectivity index (χ1v) is 7.34. The number of amides is 2. The van der Waals surface area contributed by atoms with E-state index in [0.717, 1.165) is 31.6 Å². The van der Waals surface area contributed by atoms with Gasteiger partial charge in [0.2, 0.25) is 11.8 Å². The van der Waals surface area contributed by atoms with E-state index in [1.165, 1.54) is 32.1 Å². The predicted molar refractivity (Wildman–Crippen MR) is 69.4 cm³/mol. The molecule has 2 N–H and O–H groups in total. The fourth-order valence-electron chi connectivity index (χ4n) is 2.67. The van der Waals surface area contributed by atoms with Crippen molar-refractivity contribution >= 4 is 11.8 Å². The summed E-state index contributed by atoms with van der Waals surface area (Å²) >= 11 is 0. The maximum Gasteiger partial charge on any atom is 0.241 e. The minimum Gasteiger partial charge on any atom is -0.273 e. The van der Waals surface area contributed by atoms with Crippen LogP contribution in [-0.2, 0) is 9.59 Å². The van der Waals surface area contributed by atoms with Crippen molar-refractivity contribution < 1.29 is 9.59 Å². The summed E-state index contributed by atoms with van der Waals surface area (Å²) in [5, 5.41) is 0. The molecule has 2 aliphatic carbocycles. The Kier molecular flexibility index (Phi) is 5.02. The van der Waals surface area contributed by atoms with Crippen molar-refractivity contribution in [1.82, 2.24) is 10.9 Å². The third kappa shape index (κ3) is 4.67. The van der Waals surface area contributed by atoms with Crippen molar-refractivity contribution in [3.63, 3.8) is 0 Å². The number of hydrazine groups is 1. The van der Waals surface area contributed by atoms with Gasteiger partial charge in [-0.25, -0.2) is 0 Å². The maximum atomic E-state index is 11.5. The lowest BCUT2D eigenvalue weighted by atomic mass is 9.86. The van der Waals surface area contributed by atoms with Gasteiger partial charge in [0.05, 0.1) is 0 Å². The third-order valence-corrected chi connectivity index (χ3v) is 4.01. The second-order valence-electron chi connectivity index (χ2n) is 5.71. The number of carbonyl (C=O) groups is 2. The standard InChI is InChI=1S/C14H24N2O2/c17-13(15-16-14(18)12-9-10-12)8-4-7-11-5-2-1-3-6-11/h11-12H,1-10H2,(H,15,17)(H,16,18). The fraction of sp³-hybridized carbons (Fsp3) is 0.857. The molecule has 2 aliphatic rings. The first-order valence-electron chi connectivity index (χ1n) is 7.34. The molecule has 0 aromatic carbocycles. The number of hydrogen-bond acceptors (Lipinski definition) is 2. The van der Waals surface area contributed by atoms with Crippen LogP contribution in [0, 0.1) is 11.8 Å². The zero-order valence-electron chi connectivity index (χ0n) is 11.0. The van der Waals surface area contributed by atoms with E-state index < -0.39 is 0 Å². The average Bonchev–Trinajstić information content (AvgIpc) is 3.21. The van der Waals surface area contributed by atoms with Crippen LogP contribution in [0.2, 0.25) is 0 Å². The summed E-state index contributed by atoms with van der Waals surface area (Å²) in [6, 6.07) is 0. The molecule has 0 saturated heterocycles. The van der Waals surface area contributed by atoms with Gasteiger partial charge >= 0.3 is 0 Å². The Bertz CT molecular complexity index is 294. The Labute approximate surface area is 109 Å². The van der Waals surface area contributed by atoms with E-state index in [9.17, 15) is 9.59 Å². The molecule has 0 radical (unpaired) electrons. The highest BCUT2D eigenvalue weighted by molar-refractivity contribution is 5.84. The average molecular weight is 252 g/mol. The minimum absolute atomic E-state index is 0.0318. The highest BCUT2D eigenvalue weighted by Crippen LogP contribution is 2.28. The van der Waals surface area contributed by atoms with Crippen LogP contribution in [0.15, 0.2) is 0 Å². The molecule has 0 unspecified atom stereocenters. The third-order valence-electron chi connectivity index (χ3n) is 4.01. The van der Waals surface area contributed by atoms with Crippen molar-refractivity contribution in [1.29, 1.82) is 0 Å². The van der Waals surface area contributed by atoms with Crippen LogP contribution in [0.4, 0.5) is 0 Å². The molecule has 2 saturated carbocycles. The van der Waals surface area contributed by atoms with Crippen LogP contribution in [0.25, 0.3) is 0 Å². The van der Waals surface area contributed by atoms with Crippen molar-refractivity contribution in [2.45, 2.75) is 64.2 Å². The normalized spacial score (nSPS) is 20.4. The SMILES string of the molecule is O=C(CCCC1CCCCC1)NNC(=O)C1CC1. The zero-order valence-corrected chi connectivity index (χ0v) is 11.0. The number of nitrogens with one attached hydrogen (secondary N) is 2. The molecule has 102 valence electrons. The largest absolute Gasteiger partial charge is 0.273 e. The molecule has 0 aromatic heterocycles. The van der Waals surface area contributed by atoms with Gasteiger partial charge in [0, 0.05) is 12.3 Å². The summed E-state index contributed by atoms with van der Waals surface area (Å²) in [7, 11) is 0. The molecule has 0 aliphatic heterocycles. The molecule has 0 atom stereocenters. The second kappa shape index (κ2) is 6.76. The predicted octanol–water partition coefficient (Wildman–Crippen LogP) is 2.29. The van der Waals surface area contributed by atoms with Crippen molar-refractivity contribution in [3.8, 4) is 0 Å². The molecule has 2 fully saturated rings. The maximum absolute atomic E-state index is 11.5. The number of carbonyl (C=O) groups excluding carboxylic acids is 2. The second-order valence-corrected chi connectivity index (χ2v) is 5.71. The van der Waals surface area contributed by atoms with Gasteiger partial charge in [-0.2, -0.15) is 0 Å². The van der Waals surface area contributed by atoms with E-state index >= 15 is 0 Å². The summed E-state index contributed by atoms with van der Waals surface area (Å²) in [6.45, 7) is 0. The van der Waals surface area contributed by atoms with E-state index in [0.29, 0.717) is 6.42 Å². The Morgan fingerprint density at radius 2 is 1.67 bits per heavy atom. The van der Waals surface area contributed by atoms with Gasteiger partial charge in [0.15, 0.2) is 0 Å². The van der Waals surface area contributed by atoms with Gasteiger partial charge in [0.25, 0.3) is 0 Å². The molecule has 18 heavy (non-hydrogen) atoms. The lowest BCUT2D eigenvalue weighted by Crippen LogP contribution is -2.42. The Balaban J connectivity index is 1.49. The van der Waals surface area contributed by atoms with Crippen molar-refractivity contribution in [3.05, 3.63) is 0 Å². The van der Waals surface area contributed by atoms with Gasteiger partial charge in [-0.05, 0) is 31.6 Å².